The minimum atomic E-state index is -0.400. The summed E-state index contributed by atoms with van der Waals surface area (Å²) in [5, 5.41) is 0. The zero-order valence-corrected chi connectivity index (χ0v) is 8.49. The fraction of sp³-hybridized carbons (Fsp3) is 0.364. The van der Waals surface area contributed by atoms with Crippen LogP contribution in [0.3, 0.4) is 0 Å². The second-order valence-electron chi connectivity index (χ2n) is 3.11. The van der Waals surface area contributed by atoms with Crippen LogP contribution in [0.1, 0.15) is 23.7 Å². The average Bonchev–Trinajstić information content (AvgIpc) is 2.27. The van der Waals surface area contributed by atoms with Crippen LogP contribution in [-0.2, 0) is 0 Å². The summed E-state index contributed by atoms with van der Waals surface area (Å²) >= 11 is 0. The first-order valence-electron chi connectivity index (χ1n) is 4.63. The zero-order chi connectivity index (χ0) is 10.6. The Morgan fingerprint density at radius 3 is 2.43 bits per heavy atom. The zero-order valence-electron chi connectivity index (χ0n) is 8.49. The normalized spacial score (nSPS) is 12.2. The molecule has 0 radical (unpaired) electrons. The Kier molecular flexibility index (Phi) is 3.65. The summed E-state index contributed by atoms with van der Waals surface area (Å²) in [6.45, 7) is 1.89. The Balaban J connectivity index is 2.81. The largest absolute Gasteiger partial charge is 0.497 e. The molecule has 0 aliphatic rings. The van der Waals surface area contributed by atoms with Crippen molar-refractivity contribution in [3.05, 3.63) is 29.8 Å². The van der Waals surface area contributed by atoms with Crippen molar-refractivity contribution in [1.82, 2.24) is 0 Å². The van der Waals surface area contributed by atoms with Crippen molar-refractivity contribution in [2.45, 2.75) is 19.4 Å². The van der Waals surface area contributed by atoms with Crippen molar-refractivity contribution in [1.29, 1.82) is 0 Å². The molecule has 0 amide bonds. The van der Waals surface area contributed by atoms with Gasteiger partial charge in [0.1, 0.15) is 5.75 Å². The van der Waals surface area contributed by atoms with E-state index >= 15 is 0 Å². The molecule has 14 heavy (non-hydrogen) atoms. The van der Waals surface area contributed by atoms with Crippen molar-refractivity contribution in [2.75, 3.05) is 7.11 Å². The first kappa shape index (κ1) is 10.7. The van der Waals surface area contributed by atoms with Gasteiger partial charge in [-0.2, -0.15) is 0 Å². The number of ether oxygens (including phenoxy) is 1. The van der Waals surface area contributed by atoms with Crippen LogP contribution in [0.15, 0.2) is 24.3 Å². The number of hydrogen-bond acceptors (Lipinski definition) is 3. The predicted molar refractivity (Wildman–Crippen MR) is 55.6 cm³/mol. The van der Waals surface area contributed by atoms with Gasteiger partial charge in [0, 0.05) is 5.56 Å². The van der Waals surface area contributed by atoms with Gasteiger partial charge >= 0.3 is 0 Å². The number of benzene rings is 1. The molecule has 0 aliphatic carbocycles. The van der Waals surface area contributed by atoms with Gasteiger partial charge in [-0.05, 0) is 30.7 Å². The molecule has 3 heteroatoms. The topological polar surface area (TPSA) is 52.3 Å². The van der Waals surface area contributed by atoms with Crippen LogP contribution in [0.25, 0.3) is 0 Å². The van der Waals surface area contributed by atoms with E-state index in [2.05, 4.69) is 0 Å². The number of rotatable bonds is 4. The summed E-state index contributed by atoms with van der Waals surface area (Å²) in [5.74, 6) is 0.724. The molecule has 1 aromatic carbocycles. The maximum atomic E-state index is 11.6. The average molecular weight is 193 g/mol. The van der Waals surface area contributed by atoms with Crippen LogP contribution in [-0.4, -0.2) is 18.9 Å². The third-order valence-electron chi connectivity index (χ3n) is 2.15. The monoisotopic (exact) mass is 193 g/mol. The summed E-state index contributed by atoms with van der Waals surface area (Å²) in [7, 11) is 1.59. The summed E-state index contributed by atoms with van der Waals surface area (Å²) in [6, 6.07) is 6.59. The number of hydrogen-bond donors (Lipinski definition) is 1. The number of methoxy groups -OCH3 is 1. The lowest BCUT2D eigenvalue weighted by Crippen LogP contribution is -2.29. The number of nitrogens with two attached hydrogens (primary N) is 1. The maximum Gasteiger partial charge on any atom is 0.179 e. The van der Waals surface area contributed by atoms with Crippen LogP contribution in [0.4, 0.5) is 0 Å². The molecule has 0 saturated heterocycles. The predicted octanol–water partition coefficient (Wildman–Crippen LogP) is 1.62. The molecule has 1 aromatic rings. The van der Waals surface area contributed by atoms with E-state index in [9.17, 15) is 4.79 Å². The molecule has 0 heterocycles. The molecule has 2 N–H and O–H groups in total. The molecular formula is C11H15NO2. The molecule has 0 bridgehead atoms. The molecule has 1 atom stereocenters. The van der Waals surface area contributed by atoms with E-state index in [-0.39, 0.29) is 5.78 Å². The highest BCUT2D eigenvalue weighted by Gasteiger charge is 2.12. The molecule has 0 aromatic heterocycles. The molecular weight excluding hydrogens is 178 g/mol. The maximum absolute atomic E-state index is 11.6. The van der Waals surface area contributed by atoms with Crippen molar-refractivity contribution in [2.24, 2.45) is 5.73 Å². The number of ketones is 1. The van der Waals surface area contributed by atoms with Crippen molar-refractivity contribution in [3.8, 4) is 5.75 Å². The smallest absolute Gasteiger partial charge is 0.179 e. The van der Waals surface area contributed by atoms with Gasteiger partial charge in [0.05, 0.1) is 13.2 Å². The Morgan fingerprint density at radius 2 is 2.00 bits per heavy atom. The summed E-state index contributed by atoms with van der Waals surface area (Å²) in [5.41, 5.74) is 6.28. The van der Waals surface area contributed by atoms with Gasteiger partial charge in [-0.25, -0.2) is 0 Å². The summed E-state index contributed by atoms with van der Waals surface area (Å²) < 4.78 is 4.99. The number of Topliss-reactive ketones (excluding diaryl/α,β-unsaturated/α-hetero) is 1. The Hall–Kier alpha value is -1.35. The fourth-order valence-electron chi connectivity index (χ4n) is 1.15. The van der Waals surface area contributed by atoms with E-state index in [1.54, 1.807) is 31.4 Å². The third-order valence-corrected chi connectivity index (χ3v) is 2.15. The number of carbonyl (C=O) groups is 1. The van der Waals surface area contributed by atoms with Gasteiger partial charge in [-0.3, -0.25) is 4.79 Å². The van der Waals surface area contributed by atoms with Gasteiger partial charge in [-0.1, -0.05) is 6.92 Å². The second kappa shape index (κ2) is 4.77. The van der Waals surface area contributed by atoms with E-state index < -0.39 is 6.04 Å². The van der Waals surface area contributed by atoms with Crippen LogP contribution in [0.5, 0.6) is 5.75 Å². The second-order valence-corrected chi connectivity index (χ2v) is 3.11. The van der Waals surface area contributed by atoms with E-state index in [1.807, 2.05) is 6.92 Å². The van der Waals surface area contributed by atoms with Gasteiger partial charge in [-0.15, -0.1) is 0 Å². The highest BCUT2D eigenvalue weighted by atomic mass is 16.5. The molecule has 76 valence electrons. The molecule has 1 unspecified atom stereocenters. The van der Waals surface area contributed by atoms with E-state index in [4.69, 9.17) is 10.5 Å². The lowest BCUT2D eigenvalue weighted by molar-refractivity contribution is 0.0959. The molecule has 3 nitrogen and oxygen atoms in total. The quantitative estimate of drug-likeness (QED) is 0.739. The van der Waals surface area contributed by atoms with Gasteiger partial charge < -0.3 is 10.5 Å². The van der Waals surface area contributed by atoms with Crippen molar-refractivity contribution < 1.29 is 9.53 Å². The third kappa shape index (κ3) is 2.33. The minimum Gasteiger partial charge on any atom is -0.497 e. The van der Waals surface area contributed by atoms with E-state index in [1.165, 1.54) is 0 Å². The first-order chi connectivity index (χ1) is 6.69. The van der Waals surface area contributed by atoms with Crippen LogP contribution < -0.4 is 10.5 Å². The van der Waals surface area contributed by atoms with Gasteiger partial charge in [0.25, 0.3) is 0 Å². The van der Waals surface area contributed by atoms with Gasteiger partial charge in [0.2, 0.25) is 0 Å². The SMILES string of the molecule is CCC(N)C(=O)c1ccc(OC)cc1. The molecule has 0 spiro atoms. The van der Waals surface area contributed by atoms with Crippen LogP contribution in [0.2, 0.25) is 0 Å². The van der Waals surface area contributed by atoms with Crippen LogP contribution >= 0.6 is 0 Å². The summed E-state index contributed by atoms with van der Waals surface area (Å²) in [6.07, 6.45) is 0.658. The Morgan fingerprint density at radius 1 is 1.43 bits per heavy atom. The molecule has 0 aliphatic heterocycles. The lowest BCUT2D eigenvalue weighted by Gasteiger charge is -2.07. The molecule has 0 saturated carbocycles. The number of carbonyl (C=O) groups excluding carboxylic acids is 1. The van der Waals surface area contributed by atoms with Crippen LogP contribution in [0, 0.1) is 0 Å². The molecule has 0 fully saturated rings. The fourth-order valence-corrected chi connectivity index (χ4v) is 1.15. The highest BCUT2D eigenvalue weighted by Crippen LogP contribution is 2.12. The van der Waals surface area contributed by atoms with E-state index in [0.29, 0.717) is 12.0 Å². The Bertz CT molecular complexity index is 306. The standard InChI is InChI=1S/C11H15NO2/c1-3-10(12)11(13)8-4-6-9(14-2)7-5-8/h4-7,10H,3,12H2,1-2H3. The Labute approximate surface area is 83.9 Å². The van der Waals surface area contributed by atoms with E-state index in [0.717, 1.165) is 5.75 Å². The first-order valence-corrected chi connectivity index (χ1v) is 4.63. The summed E-state index contributed by atoms with van der Waals surface area (Å²) in [4.78, 5) is 11.6. The van der Waals surface area contributed by atoms with Gasteiger partial charge in [0.15, 0.2) is 5.78 Å². The van der Waals surface area contributed by atoms with Crippen molar-refractivity contribution >= 4 is 5.78 Å². The minimum absolute atomic E-state index is 0.0184. The molecule has 1 rings (SSSR count). The highest BCUT2D eigenvalue weighted by molar-refractivity contribution is 5.99. The lowest BCUT2D eigenvalue weighted by atomic mass is 10.0. The van der Waals surface area contributed by atoms with Crippen molar-refractivity contribution in [3.63, 3.8) is 0 Å².